The molecule has 2 heterocycles. The lowest BCUT2D eigenvalue weighted by Crippen LogP contribution is -2.12. The molecule has 0 aromatic carbocycles. The van der Waals surface area contributed by atoms with E-state index in [0.29, 0.717) is 23.3 Å². The predicted molar refractivity (Wildman–Crippen MR) is 71.2 cm³/mol. The molecule has 0 aliphatic carbocycles. The summed E-state index contributed by atoms with van der Waals surface area (Å²) < 4.78 is 0. The van der Waals surface area contributed by atoms with Gasteiger partial charge in [-0.25, -0.2) is 10.8 Å². The number of thiophene rings is 1. The Balaban J connectivity index is 2.11. The van der Waals surface area contributed by atoms with Gasteiger partial charge < -0.3 is 5.32 Å². The molecule has 0 radical (unpaired) electrons. The van der Waals surface area contributed by atoms with Crippen molar-refractivity contribution in [2.45, 2.75) is 13.5 Å². The van der Waals surface area contributed by atoms with Gasteiger partial charge in [0.25, 0.3) is 0 Å². The zero-order valence-corrected chi connectivity index (χ0v) is 10.8. The first-order valence-electron chi connectivity index (χ1n) is 4.96. The third-order valence-corrected chi connectivity index (χ3v) is 3.56. The second-order valence-corrected chi connectivity index (χ2v) is 4.82. The summed E-state index contributed by atoms with van der Waals surface area (Å²) in [7, 11) is 0. The molecule has 0 saturated carbocycles. The molecule has 5 nitrogen and oxygen atoms in total. The first-order valence-corrected chi connectivity index (χ1v) is 6.22. The normalized spacial score (nSPS) is 10.3. The van der Waals surface area contributed by atoms with E-state index in [-0.39, 0.29) is 0 Å². The third-order valence-electron chi connectivity index (χ3n) is 2.26. The Labute approximate surface area is 108 Å². The minimum Gasteiger partial charge on any atom is -0.364 e. The van der Waals surface area contributed by atoms with Gasteiger partial charge in [-0.15, -0.1) is 11.3 Å². The van der Waals surface area contributed by atoms with Gasteiger partial charge in [0.05, 0.1) is 12.7 Å². The van der Waals surface area contributed by atoms with E-state index in [9.17, 15) is 0 Å². The lowest BCUT2D eigenvalue weighted by Gasteiger charge is -2.08. The molecule has 2 aromatic heterocycles. The predicted octanol–water partition coefficient (Wildman–Crippen LogP) is 2.40. The number of hydrogen-bond donors (Lipinski definition) is 3. The minimum absolute atomic E-state index is 0.333. The van der Waals surface area contributed by atoms with Crippen LogP contribution in [0.25, 0.3) is 0 Å². The Morgan fingerprint density at radius 2 is 2.35 bits per heavy atom. The summed E-state index contributed by atoms with van der Waals surface area (Å²) in [5.74, 6) is 6.14. The first-order chi connectivity index (χ1) is 8.20. The molecule has 7 heteroatoms. The third kappa shape index (κ3) is 2.85. The van der Waals surface area contributed by atoms with Crippen molar-refractivity contribution < 1.29 is 0 Å². The molecule has 0 amide bonds. The van der Waals surface area contributed by atoms with Crippen molar-refractivity contribution in [3.05, 3.63) is 33.1 Å². The Morgan fingerprint density at radius 1 is 1.53 bits per heavy atom. The van der Waals surface area contributed by atoms with Crippen molar-refractivity contribution in [2.75, 3.05) is 10.7 Å². The molecular weight excluding hydrogens is 258 g/mol. The van der Waals surface area contributed by atoms with E-state index < -0.39 is 0 Å². The highest BCUT2D eigenvalue weighted by Gasteiger charge is 2.06. The summed E-state index contributed by atoms with van der Waals surface area (Å²) in [4.78, 5) is 9.29. The van der Waals surface area contributed by atoms with Crippen molar-refractivity contribution in [2.24, 2.45) is 5.84 Å². The van der Waals surface area contributed by atoms with Gasteiger partial charge >= 0.3 is 0 Å². The quantitative estimate of drug-likeness (QED) is 0.587. The summed E-state index contributed by atoms with van der Waals surface area (Å²) >= 11 is 7.68. The van der Waals surface area contributed by atoms with Gasteiger partial charge in [0.2, 0.25) is 5.95 Å². The molecular formula is C10H12ClN5S. The minimum atomic E-state index is 0.333. The molecule has 90 valence electrons. The zero-order chi connectivity index (χ0) is 12.3. The Bertz CT molecular complexity index is 513. The molecule has 0 atom stereocenters. The highest BCUT2D eigenvalue weighted by molar-refractivity contribution is 7.10. The largest absolute Gasteiger partial charge is 0.364 e. The first kappa shape index (κ1) is 12.1. The van der Waals surface area contributed by atoms with Crippen molar-refractivity contribution in [3.63, 3.8) is 0 Å². The number of anilines is 2. The number of rotatable bonds is 4. The SMILES string of the molecule is Cc1ccsc1CNc1nc(NN)ncc1Cl. The number of hydrazine groups is 1. The van der Waals surface area contributed by atoms with E-state index in [4.69, 9.17) is 17.4 Å². The fourth-order valence-corrected chi connectivity index (χ4v) is 2.31. The molecule has 2 aromatic rings. The van der Waals surface area contributed by atoms with Gasteiger partial charge in [0.1, 0.15) is 5.02 Å². The van der Waals surface area contributed by atoms with Gasteiger partial charge in [-0.3, -0.25) is 5.43 Å². The van der Waals surface area contributed by atoms with Crippen LogP contribution in [0.4, 0.5) is 11.8 Å². The van der Waals surface area contributed by atoms with Crippen LogP contribution in [-0.4, -0.2) is 9.97 Å². The van der Waals surface area contributed by atoms with E-state index in [1.165, 1.54) is 16.6 Å². The lowest BCUT2D eigenvalue weighted by atomic mass is 10.3. The van der Waals surface area contributed by atoms with E-state index in [2.05, 4.69) is 39.1 Å². The molecule has 2 rings (SSSR count). The molecule has 0 bridgehead atoms. The number of aryl methyl sites for hydroxylation is 1. The lowest BCUT2D eigenvalue weighted by molar-refractivity contribution is 1.07. The number of halogens is 1. The molecule has 0 aliphatic heterocycles. The molecule has 0 spiro atoms. The van der Waals surface area contributed by atoms with Gasteiger partial charge in [0, 0.05) is 4.88 Å². The van der Waals surface area contributed by atoms with E-state index in [1.54, 1.807) is 11.3 Å². The van der Waals surface area contributed by atoms with Crippen LogP contribution in [0, 0.1) is 6.92 Å². The standard InChI is InChI=1S/C10H12ClN5S/c1-6-2-3-17-8(6)5-13-9-7(11)4-14-10(15-9)16-12/h2-4H,5,12H2,1H3,(H2,13,14,15,16). The molecule has 0 fully saturated rings. The zero-order valence-electron chi connectivity index (χ0n) is 9.20. The molecule has 17 heavy (non-hydrogen) atoms. The van der Waals surface area contributed by atoms with Gasteiger partial charge in [-0.1, -0.05) is 11.6 Å². The average molecular weight is 270 g/mol. The fraction of sp³-hybridized carbons (Fsp3) is 0.200. The van der Waals surface area contributed by atoms with Crippen LogP contribution >= 0.6 is 22.9 Å². The van der Waals surface area contributed by atoms with Crippen LogP contribution in [0.5, 0.6) is 0 Å². The highest BCUT2D eigenvalue weighted by Crippen LogP contribution is 2.22. The topological polar surface area (TPSA) is 75.9 Å². The summed E-state index contributed by atoms with van der Waals surface area (Å²) in [6.07, 6.45) is 1.51. The van der Waals surface area contributed by atoms with Crippen LogP contribution in [0.1, 0.15) is 10.4 Å². The summed E-state index contributed by atoms with van der Waals surface area (Å²) in [5, 5.41) is 5.69. The van der Waals surface area contributed by atoms with Crippen LogP contribution in [0.3, 0.4) is 0 Å². The molecule has 4 N–H and O–H groups in total. The van der Waals surface area contributed by atoms with Gasteiger partial charge in [-0.2, -0.15) is 4.98 Å². The number of nitrogens with two attached hydrogens (primary N) is 1. The number of hydrogen-bond acceptors (Lipinski definition) is 6. The fourth-order valence-electron chi connectivity index (χ4n) is 1.31. The van der Waals surface area contributed by atoms with Crippen molar-refractivity contribution in [3.8, 4) is 0 Å². The van der Waals surface area contributed by atoms with Crippen LogP contribution in [-0.2, 0) is 6.54 Å². The number of nitrogens with one attached hydrogen (secondary N) is 2. The van der Waals surface area contributed by atoms with Crippen molar-refractivity contribution >= 4 is 34.7 Å². The Morgan fingerprint density at radius 3 is 3.00 bits per heavy atom. The van der Waals surface area contributed by atoms with Crippen molar-refractivity contribution in [1.29, 1.82) is 0 Å². The second-order valence-electron chi connectivity index (χ2n) is 3.41. The highest BCUT2D eigenvalue weighted by atomic mass is 35.5. The number of nitrogens with zero attached hydrogens (tertiary/aromatic N) is 2. The monoisotopic (exact) mass is 269 g/mol. The van der Waals surface area contributed by atoms with Crippen LogP contribution < -0.4 is 16.6 Å². The maximum Gasteiger partial charge on any atom is 0.239 e. The molecule has 0 unspecified atom stereocenters. The Hall–Kier alpha value is -1.37. The van der Waals surface area contributed by atoms with E-state index in [1.807, 2.05) is 0 Å². The average Bonchev–Trinajstić information content (AvgIpc) is 2.74. The maximum atomic E-state index is 5.98. The summed E-state index contributed by atoms with van der Waals surface area (Å²) in [6.45, 7) is 2.76. The van der Waals surface area contributed by atoms with Gasteiger partial charge in [-0.05, 0) is 23.9 Å². The molecule has 0 saturated heterocycles. The van der Waals surface area contributed by atoms with Crippen LogP contribution in [0.15, 0.2) is 17.6 Å². The maximum absolute atomic E-state index is 5.98. The second kappa shape index (κ2) is 5.31. The number of aromatic nitrogens is 2. The van der Waals surface area contributed by atoms with Crippen LogP contribution in [0.2, 0.25) is 5.02 Å². The van der Waals surface area contributed by atoms with E-state index >= 15 is 0 Å². The smallest absolute Gasteiger partial charge is 0.239 e. The Kier molecular flexibility index (Phi) is 3.78. The van der Waals surface area contributed by atoms with Crippen molar-refractivity contribution in [1.82, 2.24) is 9.97 Å². The molecule has 0 aliphatic rings. The van der Waals surface area contributed by atoms with E-state index in [0.717, 1.165) is 0 Å². The number of nitrogen functional groups attached to an aromatic ring is 1. The van der Waals surface area contributed by atoms with Gasteiger partial charge in [0.15, 0.2) is 5.82 Å². The summed E-state index contributed by atoms with van der Waals surface area (Å²) in [5.41, 5.74) is 3.64. The summed E-state index contributed by atoms with van der Waals surface area (Å²) in [6, 6.07) is 2.08.